The number of aromatic nitrogens is 4. The summed E-state index contributed by atoms with van der Waals surface area (Å²) in [5.74, 6) is 0.764. The lowest BCUT2D eigenvalue weighted by atomic mass is 10.1. The van der Waals surface area contributed by atoms with Gasteiger partial charge in [-0.2, -0.15) is 5.10 Å². The summed E-state index contributed by atoms with van der Waals surface area (Å²) in [6.45, 7) is 5.15. The van der Waals surface area contributed by atoms with Crippen LogP contribution in [0.25, 0.3) is 11.3 Å². The van der Waals surface area contributed by atoms with Crippen LogP contribution in [0.3, 0.4) is 0 Å². The normalized spacial score (nSPS) is 18.4. The minimum atomic E-state index is -0.0827. The van der Waals surface area contributed by atoms with Crippen molar-refractivity contribution < 1.29 is 4.74 Å². The summed E-state index contributed by atoms with van der Waals surface area (Å²) >= 11 is 0. The Morgan fingerprint density at radius 3 is 2.96 bits per heavy atom. The number of rotatable bonds is 4. The molecule has 1 saturated heterocycles. The number of ether oxygens (including phenoxy) is 1. The Morgan fingerprint density at radius 1 is 1.24 bits per heavy atom. The standard InChI is InChI=1S/C19H21N5O/c1-14-7-8-20-19(22-14)17-13-24(9-10-25-17)12-16-11-21-23-18(16)15-5-3-2-4-6-15/h2-8,11,17H,9-10,12-13H2,1H3,(H,21,23). The second kappa shape index (κ2) is 7.13. The van der Waals surface area contributed by atoms with Crippen molar-refractivity contribution in [1.29, 1.82) is 0 Å². The van der Waals surface area contributed by atoms with E-state index in [1.807, 2.05) is 37.4 Å². The van der Waals surface area contributed by atoms with Gasteiger partial charge in [0.1, 0.15) is 6.10 Å². The van der Waals surface area contributed by atoms with Crippen molar-refractivity contribution >= 4 is 0 Å². The Hall–Kier alpha value is -2.57. The number of nitrogens with one attached hydrogen (secondary N) is 1. The highest BCUT2D eigenvalue weighted by Crippen LogP contribution is 2.25. The molecule has 6 heteroatoms. The molecule has 0 bridgehead atoms. The molecule has 1 fully saturated rings. The number of H-pyrrole nitrogens is 1. The fourth-order valence-corrected chi connectivity index (χ4v) is 3.15. The van der Waals surface area contributed by atoms with E-state index in [0.29, 0.717) is 6.61 Å². The minimum absolute atomic E-state index is 0.0827. The first-order valence-corrected chi connectivity index (χ1v) is 8.51. The number of nitrogens with zero attached hydrogens (tertiary/aromatic N) is 4. The molecule has 4 rings (SSSR count). The Bertz CT molecular complexity index is 833. The van der Waals surface area contributed by atoms with Crippen LogP contribution < -0.4 is 0 Å². The minimum Gasteiger partial charge on any atom is -0.368 e. The van der Waals surface area contributed by atoms with Gasteiger partial charge in [-0.3, -0.25) is 10.00 Å². The largest absolute Gasteiger partial charge is 0.368 e. The van der Waals surface area contributed by atoms with Crippen molar-refractivity contribution in [1.82, 2.24) is 25.1 Å². The first-order chi connectivity index (χ1) is 12.3. The summed E-state index contributed by atoms with van der Waals surface area (Å²) in [4.78, 5) is 11.3. The van der Waals surface area contributed by atoms with E-state index in [1.165, 1.54) is 5.56 Å². The first kappa shape index (κ1) is 15.9. The molecule has 3 aromatic rings. The topological polar surface area (TPSA) is 66.9 Å². The molecule has 0 saturated carbocycles. The molecule has 1 aliphatic heterocycles. The monoisotopic (exact) mass is 335 g/mol. The average molecular weight is 335 g/mol. The number of hydrogen-bond donors (Lipinski definition) is 1. The fraction of sp³-hybridized carbons (Fsp3) is 0.316. The van der Waals surface area contributed by atoms with Gasteiger partial charge in [0.05, 0.1) is 18.5 Å². The molecule has 6 nitrogen and oxygen atoms in total. The quantitative estimate of drug-likeness (QED) is 0.794. The van der Waals surface area contributed by atoms with Crippen molar-refractivity contribution in [2.75, 3.05) is 19.7 Å². The number of aromatic amines is 1. The lowest BCUT2D eigenvalue weighted by Gasteiger charge is -2.32. The van der Waals surface area contributed by atoms with Crippen molar-refractivity contribution in [2.24, 2.45) is 0 Å². The third kappa shape index (κ3) is 3.60. The maximum atomic E-state index is 5.89. The summed E-state index contributed by atoms with van der Waals surface area (Å²) in [7, 11) is 0. The summed E-state index contributed by atoms with van der Waals surface area (Å²) in [5, 5.41) is 7.37. The van der Waals surface area contributed by atoms with E-state index in [9.17, 15) is 0 Å². The van der Waals surface area contributed by atoms with Gasteiger partial charge in [0.15, 0.2) is 5.82 Å². The second-order valence-corrected chi connectivity index (χ2v) is 6.29. The fourth-order valence-electron chi connectivity index (χ4n) is 3.15. The van der Waals surface area contributed by atoms with Gasteiger partial charge in [0.2, 0.25) is 0 Å². The van der Waals surface area contributed by atoms with Gasteiger partial charge >= 0.3 is 0 Å². The predicted molar refractivity (Wildman–Crippen MR) is 94.8 cm³/mol. The molecule has 3 heterocycles. The van der Waals surface area contributed by atoms with Gasteiger partial charge in [-0.05, 0) is 18.6 Å². The van der Waals surface area contributed by atoms with E-state index in [-0.39, 0.29) is 6.10 Å². The molecular formula is C19H21N5O. The van der Waals surface area contributed by atoms with E-state index in [1.54, 1.807) is 6.20 Å². The molecule has 0 spiro atoms. The molecule has 0 radical (unpaired) electrons. The van der Waals surface area contributed by atoms with Crippen LogP contribution in [-0.4, -0.2) is 44.8 Å². The molecule has 25 heavy (non-hydrogen) atoms. The smallest absolute Gasteiger partial charge is 0.158 e. The summed E-state index contributed by atoms with van der Waals surface area (Å²) in [6.07, 6.45) is 3.63. The number of hydrogen-bond acceptors (Lipinski definition) is 5. The molecule has 2 aromatic heterocycles. The predicted octanol–water partition coefficient (Wildman–Crippen LogP) is 2.75. The first-order valence-electron chi connectivity index (χ1n) is 8.51. The Labute approximate surface area is 146 Å². The number of morpholine rings is 1. The third-order valence-corrected chi connectivity index (χ3v) is 4.43. The molecule has 1 aliphatic rings. The zero-order valence-electron chi connectivity index (χ0n) is 14.2. The molecule has 1 aromatic carbocycles. The van der Waals surface area contributed by atoms with Crippen LogP contribution in [0.1, 0.15) is 23.2 Å². The maximum absolute atomic E-state index is 5.89. The van der Waals surface area contributed by atoms with Crippen molar-refractivity contribution in [3.8, 4) is 11.3 Å². The van der Waals surface area contributed by atoms with E-state index >= 15 is 0 Å². The lowest BCUT2D eigenvalue weighted by Crippen LogP contribution is -2.38. The highest BCUT2D eigenvalue weighted by molar-refractivity contribution is 5.62. The third-order valence-electron chi connectivity index (χ3n) is 4.43. The summed E-state index contributed by atoms with van der Waals surface area (Å²) in [5.41, 5.74) is 4.39. The van der Waals surface area contributed by atoms with Gasteiger partial charge in [0.25, 0.3) is 0 Å². The second-order valence-electron chi connectivity index (χ2n) is 6.29. The van der Waals surface area contributed by atoms with Crippen LogP contribution in [-0.2, 0) is 11.3 Å². The maximum Gasteiger partial charge on any atom is 0.158 e. The molecule has 0 amide bonds. The molecule has 128 valence electrons. The van der Waals surface area contributed by atoms with Crippen molar-refractivity contribution in [3.05, 3.63) is 65.9 Å². The van der Waals surface area contributed by atoms with Gasteiger partial charge in [-0.1, -0.05) is 30.3 Å². The van der Waals surface area contributed by atoms with Crippen LogP contribution in [0, 0.1) is 6.92 Å². The summed E-state index contributed by atoms with van der Waals surface area (Å²) < 4.78 is 5.89. The molecular weight excluding hydrogens is 314 g/mol. The number of benzene rings is 1. The van der Waals surface area contributed by atoms with E-state index < -0.39 is 0 Å². The van der Waals surface area contributed by atoms with Crippen LogP contribution >= 0.6 is 0 Å². The van der Waals surface area contributed by atoms with E-state index in [2.05, 4.69) is 37.2 Å². The Morgan fingerprint density at radius 2 is 2.12 bits per heavy atom. The average Bonchev–Trinajstić information content (AvgIpc) is 3.11. The molecule has 0 aliphatic carbocycles. The SMILES string of the molecule is Cc1ccnc(C2CN(Cc3cn[nH]c3-c3ccccc3)CCO2)n1. The molecule has 1 atom stereocenters. The van der Waals surface area contributed by atoms with E-state index in [0.717, 1.165) is 42.4 Å². The van der Waals surface area contributed by atoms with Gasteiger partial charge in [-0.25, -0.2) is 9.97 Å². The van der Waals surface area contributed by atoms with Gasteiger partial charge in [0, 0.05) is 37.1 Å². The van der Waals surface area contributed by atoms with E-state index in [4.69, 9.17) is 4.74 Å². The highest BCUT2D eigenvalue weighted by Gasteiger charge is 2.25. The van der Waals surface area contributed by atoms with Crippen molar-refractivity contribution in [3.63, 3.8) is 0 Å². The zero-order valence-corrected chi connectivity index (χ0v) is 14.2. The molecule has 1 unspecified atom stereocenters. The number of aryl methyl sites for hydroxylation is 1. The highest BCUT2D eigenvalue weighted by atomic mass is 16.5. The zero-order chi connectivity index (χ0) is 17.1. The van der Waals surface area contributed by atoms with Gasteiger partial charge < -0.3 is 4.74 Å². The van der Waals surface area contributed by atoms with Crippen LogP contribution in [0.4, 0.5) is 0 Å². The molecule has 1 N–H and O–H groups in total. The lowest BCUT2D eigenvalue weighted by molar-refractivity contribution is -0.0372. The van der Waals surface area contributed by atoms with Crippen LogP contribution in [0.15, 0.2) is 48.8 Å². The summed E-state index contributed by atoms with van der Waals surface area (Å²) in [6, 6.07) is 12.2. The van der Waals surface area contributed by atoms with Crippen LogP contribution in [0.5, 0.6) is 0 Å². The van der Waals surface area contributed by atoms with Gasteiger partial charge in [-0.15, -0.1) is 0 Å². The van der Waals surface area contributed by atoms with Crippen LogP contribution in [0.2, 0.25) is 0 Å². The van der Waals surface area contributed by atoms with Crippen molar-refractivity contribution in [2.45, 2.75) is 19.6 Å². The Kier molecular flexibility index (Phi) is 4.54. The Balaban J connectivity index is 1.49.